The maximum absolute atomic E-state index is 12.8. The van der Waals surface area contributed by atoms with Gasteiger partial charge in [0.1, 0.15) is 5.82 Å². The van der Waals surface area contributed by atoms with Crippen LogP contribution < -0.4 is 11.1 Å². The molecule has 0 saturated heterocycles. The van der Waals surface area contributed by atoms with Gasteiger partial charge in [-0.1, -0.05) is 6.07 Å². The fourth-order valence-corrected chi connectivity index (χ4v) is 2.09. The van der Waals surface area contributed by atoms with Gasteiger partial charge >= 0.3 is 0 Å². The van der Waals surface area contributed by atoms with Crippen molar-refractivity contribution in [3.05, 3.63) is 24.1 Å². The molecule has 5 heteroatoms. The molecule has 1 aromatic rings. The molecule has 0 radical (unpaired) electrons. The lowest BCUT2D eigenvalue weighted by molar-refractivity contribution is -0.120. The van der Waals surface area contributed by atoms with Crippen LogP contribution in [0.2, 0.25) is 0 Å². The number of nitrogens with one attached hydrogen (secondary N) is 1. The summed E-state index contributed by atoms with van der Waals surface area (Å²) in [4.78, 5) is 15.5. The Balaban J connectivity index is 1.93. The van der Waals surface area contributed by atoms with Crippen LogP contribution in [0, 0.1) is 11.9 Å². The second-order valence-electron chi connectivity index (χ2n) is 4.45. The van der Waals surface area contributed by atoms with E-state index in [9.17, 15) is 9.18 Å². The highest BCUT2D eigenvalue weighted by Gasteiger charge is 2.24. The van der Waals surface area contributed by atoms with Crippen molar-refractivity contribution in [2.75, 3.05) is 5.32 Å². The molecule has 3 N–H and O–H groups in total. The van der Waals surface area contributed by atoms with Crippen molar-refractivity contribution in [1.82, 2.24) is 4.98 Å². The molecule has 1 aliphatic carbocycles. The van der Waals surface area contributed by atoms with E-state index < -0.39 is 5.95 Å². The number of hydrogen-bond acceptors (Lipinski definition) is 3. The van der Waals surface area contributed by atoms with Crippen LogP contribution in [0.1, 0.15) is 25.7 Å². The monoisotopic (exact) mass is 237 g/mol. The minimum Gasteiger partial charge on any atom is -0.328 e. The number of hydrogen-bond donors (Lipinski definition) is 2. The van der Waals surface area contributed by atoms with E-state index in [0.717, 1.165) is 25.7 Å². The highest BCUT2D eigenvalue weighted by atomic mass is 19.1. The third-order valence-corrected chi connectivity index (χ3v) is 3.11. The predicted octanol–water partition coefficient (Wildman–Crippen LogP) is 1.68. The highest BCUT2D eigenvalue weighted by Crippen LogP contribution is 2.24. The molecule has 1 aliphatic rings. The second-order valence-corrected chi connectivity index (χ2v) is 4.45. The average Bonchev–Trinajstić information content (AvgIpc) is 2.29. The molecule has 1 heterocycles. The first-order valence-electron chi connectivity index (χ1n) is 5.84. The number of amides is 1. The molecule has 1 fully saturated rings. The molecule has 2 rings (SSSR count). The fourth-order valence-electron chi connectivity index (χ4n) is 2.09. The van der Waals surface area contributed by atoms with Gasteiger partial charge in [0.2, 0.25) is 11.9 Å². The summed E-state index contributed by atoms with van der Waals surface area (Å²) in [6, 6.07) is 4.56. The number of rotatable bonds is 2. The van der Waals surface area contributed by atoms with Crippen LogP contribution >= 0.6 is 0 Å². The van der Waals surface area contributed by atoms with Gasteiger partial charge in [0, 0.05) is 12.0 Å². The molecule has 0 unspecified atom stereocenters. The Bertz CT molecular complexity index is 402. The summed E-state index contributed by atoms with van der Waals surface area (Å²) >= 11 is 0. The van der Waals surface area contributed by atoms with Crippen molar-refractivity contribution in [3.8, 4) is 0 Å². The Morgan fingerprint density at radius 3 is 2.71 bits per heavy atom. The van der Waals surface area contributed by atoms with Gasteiger partial charge in [0.05, 0.1) is 0 Å². The Labute approximate surface area is 99.4 Å². The van der Waals surface area contributed by atoms with E-state index in [1.54, 1.807) is 6.07 Å². The SMILES string of the molecule is NC1CCC(C(=O)Nc2cccc(F)n2)CC1. The minimum absolute atomic E-state index is 0.0279. The first kappa shape index (κ1) is 12.0. The number of pyridine rings is 1. The first-order chi connectivity index (χ1) is 8.15. The normalized spacial score (nSPS) is 24.4. The van der Waals surface area contributed by atoms with Crippen LogP contribution in [0.4, 0.5) is 10.2 Å². The molecule has 4 nitrogen and oxygen atoms in total. The fraction of sp³-hybridized carbons (Fsp3) is 0.500. The Kier molecular flexibility index (Phi) is 3.68. The second kappa shape index (κ2) is 5.23. The van der Waals surface area contributed by atoms with Gasteiger partial charge in [0.25, 0.3) is 0 Å². The number of nitrogens with zero attached hydrogens (tertiary/aromatic N) is 1. The maximum Gasteiger partial charge on any atom is 0.228 e. The standard InChI is InChI=1S/C12H16FN3O/c13-10-2-1-3-11(15-10)16-12(17)8-4-6-9(14)7-5-8/h1-3,8-9H,4-7,14H2,(H,15,16,17). The number of anilines is 1. The number of halogens is 1. The van der Waals surface area contributed by atoms with Gasteiger partial charge in [-0.2, -0.15) is 4.39 Å². The van der Waals surface area contributed by atoms with Crippen molar-refractivity contribution >= 4 is 11.7 Å². The third kappa shape index (κ3) is 3.23. The molecular formula is C12H16FN3O. The zero-order chi connectivity index (χ0) is 12.3. The topological polar surface area (TPSA) is 68.0 Å². The minimum atomic E-state index is -0.589. The van der Waals surface area contributed by atoms with E-state index in [0.29, 0.717) is 0 Å². The lowest BCUT2D eigenvalue weighted by Gasteiger charge is -2.24. The van der Waals surface area contributed by atoms with E-state index >= 15 is 0 Å². The molecule has 1 saturated carbocycles. The highest BCUT2D eigenvalue weighted by molar-refractivity contribution is 5.91. The molecule has 17 heavy (non-hydrogen) atoms. The number of nitrogens with two attached hydrogens (primary N) is 1. The molecule has 1 amide bonds. The Morgan fingerprint density at radius 1 is 1.35 bits per heavy atom. The lowest BCUT2D eigenvalue weighted by atomic mass is 9.86. The summed E-state index contributed by atoms with van der Waals surface area (Å²) in [6.45, 7) is 0. The number of aromatic nitrogens is 1. The molecule has 92 valence electrons. The van der Waals surface area contributed by atoms with Gasteiger partial charge in [-0.25, -0.2) is 4.98 Å². The van der Waals surface area contributed by atoms with Gasteiger partial charge in [-0.05, 0) is 37.8 Å². The quantitative estimate of drug-likeness (QED) is 0.769. The predicted molar refractivity (Wildman–Crippen MR) is 62.8 cm³/mol. The van der Waals surface area contributed by atoms with Crippen LogP contribution in [0.5, 0.6) is 0 Å². The smallest absolute Gasteiger partial charge is 0.228 e. The van der Waals surface area contributed by atoms with Crippen molar-refractivity contribution < 1.29 is 9.18 Å². The van der Waals surface area contributed by atoms with Crippen molar-refractivity contribution in [1.29, 1.82) is 0 Å². The van der Waals surface area contributed by atoms with E-state index in [2.05, 4.69) is 10.3 Å². The average molecular weight is 237 g/mol. The molecule has 0 aliphatic heterocycles. The van der Waals surface area contributed by atoms with Crippen LogP contribution in [0.25, 0.3) is 0 Å². The molecule has 0 aromatic carbocycles. The summed E-state index contributed by atoms with van der Waals surface area (Å²) in [7, 11) is 0. The van der Waals surface area contributed by atoms with E-state index in [1.165, 1.54) is 12.1 Å². The lowest BCUT2D eigenvalue weighted by Crippen LogP contribution is -2.32. The van der Waals surface area contributed by atoms with E-state index in [4.69, 9.17) is 5.73 Å². The largest absolute Gasteiger partial charge is 0.328 e. The molecule has 0 atom stereocenters. The molecule has 1 aromatic heterocycles. The zero-order valence-corrected chi connectivity index (χ0v) is 9.53. The molecule has 0 spiro atoms. The van der Waals surface area contributed by atoms with Gasteiger partial charge in [0.15, 0.2) is 0 Å². The van der Waals surface area contributed by atoms with Gasteiger partial charge < -0.3 is 11.1 Å². The van der Waals surface area contributed by atoms with E-state index in [1.807, 2.05) is 0 Å². The van der Waals surface area contributed by atoms with Crippen molar-refractivity contribution in [3.63, 3.8) is 0 Å². The van der Waals surface area contributed by atoms with Crippen LogP contribution in [-0.2, 0) is 4.79 Å². The Hall–Kier alpha value is -1.49. The number of carbonyl (C=O) groups excluding carboxylic acids is 1. The molecule has 0 bridgehead atoms. The van der Waals surface area contributed by atoms with Crippen LogP contribution in [0.3, 0.4) is 0 Å². The summed E-state index contributed by atoms with van der Waals surface area (Å²) < 4.78 is 12.8. The van der Waals surface area contributed by atoms with Gasteiger partial charge in [-0.3, -0.25) is 4.79 Å². The zero-order valence-electron chi connectivity index (χ0n) is 9.53. The third-order valence-electron chi connectivity index (χ3n) is 3.11. The van der Waals surface area contributed by atoms with Crippen LogP contribution in [0.15, 0.2) is 18.2 Å². The molecular weight excluding hydrogens is 221 g/mol. The maximum atomic E-state index is 12.8. The first-order valence-corrected chi connectivity index (χ1v) is 5.84. The van der Waals surface area contributed by atoms with Crippen LogP contribution in [-0.4, -0.2) is 16.9 Å². The summed E-state index contributed by atoms with van der Waals surface area (Å²) in [5.41, 5.74) is 5.78. The van der Waals surface area contributed by atoms with E-state index in [-0.39, 0.29) is 23.7 Å². The summed E-state index contributed by atoms with van der Waals surface area (Å²) in [5, 5.41) is 2.64. The number of carbonyl (C=O) groups is 1. The van der Waals surface area contributed by atoms with Crippen molar-refractivity contribution in [2.45, 2.75) is 31.7 Å². The van der Waals surface area contributed by atoms with Gasteiger partial charge in [-0.15, -0.1) is 0 Å². The van der Waals surface area contributed by atoms with Crippen molar-refractivity contribution in [2.24, 2.45) is 11.7 Å². The summed E-state index contributed by atoms with van der Waals surface area (Å²) in [5.74, 6) is -0.437. The Morgan fingerprint density at radius 2 is 2.06 bits per heavy atom. The summed E-state index contributed by atoms with van der Waals surface area (Å²) in [6.07, 6.45) is 3.33.